The van der Waals surface area contributed by atoms with E-state index in [1.165, 1.54) is 19.3 Å². The monoisotopic (exact) mass is 520 g/mol. The lowest BCUT2D eigenvalue weighted by molar-refractivity contribution is -0.135. The van der Waals surface area contributed by atoms with Gasteiger partial charge in [0.05, 0.1) is 22.3 Å². The molecule has 0 bridgehead atoms. The van der Waals surface area contributed by atoms with Gasteiger partial charge in [0.15, 0.2) is 0 Å². The summed E-state index contributed by atoms with van der Waals surface area (Å²) in [7, 11) is 0. The van der Waals surface area contributed by atoms with E-state index in [4.69, 9.17) is 14.6 Å². The fraction of sp³-hybridized carbons (Fsp3) is 0.303. The van der Waals surface area contributed by atoms with Crippen molar-refractivity contribution in [2.75, 3.05) is 0 Å². The van der Waals surface area contributed by atoms with Crippen LogP contribution in [0.2, 0.25) is 0 Å². The van der Waals surface area contributed by atoms with Crippen LogP contribution in [-0.4, -0.2) is 21.9 Å². The van der Waals surface area contributed by atoms with E-state index in [9.17, 15) is 9.59 Å². The molecule has 1 unspecified atom stereocenters. The van der Waals surface area contributed by atoms with E-state index in [-0.39, 0.29) is 0 Å². The Morgan fingerprint density at radius 3 is 2.33 bits per heavy atom. The van der Waals surface area contributed by atoms with Crippen LogP contribution in [0.15, 0.2) is 78.9 Å². The Labute approximate surface area is 228 Å². The third-order valence-corrected chi connectivity index (χ3v) is 7.84. The number of hydrogen-bond donors (Lipinski definition) is 0. The summed E-state index contributed by atoms with van der Waals surface area (Å²) in [5.74, 6) is 0.431. The van der Waals surface area contributed by atoms with Crippen LogP contribution in [0.25, 0.3) is 10.9 Å². The Bertz CT molecular complexity index is 1490. The molecule has 4 aromatic rings. The number of benzene rings is 3. The number of nitrogens with zero attached hydrogens (tertiary/aromatic N) is 2. The number of amides is 2. The zero-order chi connectivity index (χ0) is 26.8. The summed E-state index contributed by atoms with van der Waals surface area (Å²) < 4.78 is 6.38. The summed E-state index contributed by atoms with van der Waals surface area (Å²) in [5, 5.41) is 2.03. The molecule has 2 heterocycles. The van der Waals surface area contributed by atoms with Gasteiger partial charge in [-0.3, -0.25) is 14.4 Å². The van der Waals surface area contributed by atoms with E-state index in [2.05, 4.69) is 18.2 Å². The van der Waals surface area contributed by atoms with Crippen LogP contribution in [0.5, 0.6) is 5.75 Å². The molecule has 39 heavy (non-hydrogen) atoms. The molecule has 0 spiro atoms. The van der Waals surface area contributed by atoms with Crippen LogP contribution in [0.3, 0.4) is 0 Å². The molecule has 6 heteroatoms. The van der Waals surface area contributed by atoms with Crippen molar-refractivity contribution in [2.24, 2.45) is 0 Å². The van der Waals surface area contributed by atoms with Crippen LogP contribution in [0.1, 0.15) is 95.0 Å². The molecule has 1 aliphatic heterocycles. The molecular weight excluding hydrogens is 488 g/mol. The van der Waals surface area contributed by atoms with Gasteiger partial charge in [-0.15, -0.1) is 5.06 Å². The van der Waals surface area contributed by atoms with Crippen molar-refractivity contribution in [3.8, 4) is 5.75 Å². The molecule has 1 fully saturated rings. The first-order valence-corrected chi connectivity index (χ1v) is 13.9. The number of para-hydroxylation sites is 1. The Kier molecular flexibility index (Phi) is 7.12. The number of rotatable bonds is 8. The number of aromatic nitrogens is 1. The fourth-order valence-electron chi connectivity index (χ4n) is 5.73. The highest BCUT2D eigenvalue weighted by molar-refractivity contribution is 6.20. The minimum Gasteiger partial charge on any atom is -0.487 e. The molecule has 6 rings (SSSR count). The second-order valence-corrected chi connectivity index (χ2v) is 10.4. The van der Waals surface area contributed by atoms with Crippen molar-refractivity contribution in [2.45, 2.75) is 64.1 Å². The second-order valence-electron chi connectivity index (χ2n) is 10.4. The van der Waals surface area contributed by atoms with Crippen LogP contribution in [-0.2, 0) is 11.4 Å². The van der Waals surface area contributed by atoms with Gasteiger partial charge in [-0.25, -0.2) is 4.98 Å². The molecule has 0 saturated heterocycles. The molecule has 0 radical (unpaired) electrons. The van der Waals surface area contributed by atoms with Crippen molar-refractivity contribution in [3.63, 3.8) is 0 Å². The maximum atomic E-state index is 12.9. The maximum absolute atomic E-state index is 12.9. The lowest BCUT2D eigenvalue weighted by atomic mass is 9.82. The molecule has 1 aliphatic carbocycles. The first-order chi connectivity index (χ1) is 19.1. The molecule has 1 aromatic heterocycles. The third kappa shape index (κ3) is 5.04. The number of imide groups is 1. The van der Waals surface area contributed by atoms with Crippen LogP contribution < -0.4 is 4.74 Å². The number of ether oxygens (including phenoxy) is 1. The van der Waals surface area contributed by atoms with Crippen LogP contribution >= 0.6 is 0 Å². The van der Waals surface area contributed by atoms with E-state index in [1.807, 2.05) is 43.3 Å². The summed E-state index contributed by atoms with van der Waals surface area (Å²) in [4.78, 5) is 36.7. The van der Waals surface area contributed by atoms with Crippen molar-refractivity contribution >= 4 is 22.7 Å². The minimum absolute atomic E-state index is 0.381. The normalized spacial score (nSPS) is 16.5. The van der Waals surface area contributed by atoms with Gasteiger partial charge in [-0.05, 0) is 72.7 Å². The topological polar surface area (TPSA) is 68.7 Å². The maximum Gasteiger partial charge on any atom is 0.285 e. The highest BCUT2D eigenvalue weighted by atomic mass is 16.7. The molecule has 3 aromatic carbocycles. The van der Waals surface area contributed by atoms with E-state index >= 15 is 0 Å². The Hall–Kier alpha value is -4.03. The van der Waals surface area contributed by atoms with Gasteiger partial charge >= 0.3 is 0 Å². The van der Waals surface area contributed by atoms with Crippen LogP contribution in [0, 0.1) is 0 Å². The number of carbonyl (C=O) groups excluding carboxylic acids is 2. The molecule has 2 amide bonds. The standard InChI is InChI=1S/C33H32N2O4/c1-2-30(39-35-32(36)26-13-7-8-14-27(26)33(35)37)24-17-19-31(28(20-24)22-10-4-3-5-11-22)38-21-25-18-16-23-12-6-9-15-29(23)34-25/h6-9,12-20,22,30H,2-5,10-11,21H2,1H3. The van der Waals surface area contributed by atoms with Crippen LogP contribution in [0.4, 0.5) is 0 Å². The van der Waals surface area contributed by atoms with Gasteiger partial charge in [0, 0.05) is 5.39 Å². The molecular formula is C33H32N2O4. The molecule has 6 nitrogen and oxygen atoms in total. The van der Waals surface area contributed by atoms with Crippen molar-refractivity contribution in [1.82, 2.24) is 10.0 Å². The minimum atomic E-state index is -0.439. The first-order valence-electron chi connectivity index (χ1n) is 13.9. The van der Waals surface area contributed by atoms with Gasteiger partial charge in [0.2, 0.25) is 0 Å². The average Bonchev–Trinajstić information content (AvgIpc) is 3.23. The predicted molar refractivity (Wildman–Crippen MR) is 149 cm³/mol. The van der Waals surface area contributed by atoms with Crippen molar-refractivity contribution in [3.05, 3.63) is 107 Å². The fourth-order valence-corrected chi connectivity index (χ4v) is 5.73. The summed E-state index contributed by atoms with van der Waals surface area (Å²) in [6.07, 6.45) is 6.05. The smallest absolute Gasteiger partial charge is 0.285 e. The zero-order valence-electron chi connectivity index (χ0n) is 22.1. The molecule has 198 valence electrons. The van der Waals surface area contributed by atoms with Gasteiger partial charge < -0.3 is 4.74 Å². The van der Waals surface area contributed by atoms with E-state index < -0.39 is 17.9 Å². The molecule has 0 N–H and O–H groups in total. The van der Waals surface area contributed by atoms with Gasteiger partial charge in [0.1, 0.15) is 18.5 Å². The van der Waals surface area contributed by atoms with E-state index in [0.29, 0.717) is 30.1 Å². The number of pyridine rings is 1. The van der Waals surface area contributed by atoms with E-state index in [1.54, 1.807) is 24.3 Å². The van der Waals surface area contributed by atoms with Gasteiger partial charge in [-0.1, -0.05) is 68.7 Å². The van der Waals surface area contributed by atoms with Crippen molar-refractivity contribution in [1.29, 1.82) is 0 Å². The summed E-state index contributed by atoms with van der Waals surface area (Å²) >= 11 is 0. The highest BCUT2D eigenvalue weighted by Crippen LogP contribution is 2.40. The largest absolute Gasteiger partial charge is 0.487 e. The lowest BCUT2D eigenvalue weighted by Crippen LogP contribution is -2.31. The average molecular weight is 521 g/mol. The Morgan fingerprint density at radius 1 is 0.872 bits per heavy atom. The first kappa shape index (κ1) is 25.3. The molecule has 1 atom stereocenters. The van der Waals surface area contributed by atoms with E-state index in [0.717, 1.165) is 51.4 Å². The third-order valence-electron chi connectivity index (χ3n) is 7.84. The second kappa shape index (κ2) is 11.0. The number of hydrogen-bond acceptors (Lipinski definition) is 5. The lowest BCUT2D eigenvalue weighted by Gasteiger charge is -2.27. The van der Waals surface area contributed by atoms with Crippen molar-refractivity contribution < 1.29 is 19.2 Å². The summed E-state index contributed by atoms with van der Waals surface area (Å²) in [6, 6.07) is 25.2. The number of hydroxylamine groups is 2. The Balaban J connectivity index is 1.25. The molecule has 1 saturated carbocycles. The number of fused-ring (bicyclic) bond motifs is 2. The quantitative estimate of drug-likeness (QED) is 0.225. The highest BCUT2D eigenvalue weighted by Gasteiger charge is 2.38. The van der Waals surface area contributed by atoms with Gasteiger partial charge in [0.25, 0.3) is 11.8 Å². The number of carbonyl (C=O) groups is 2. The Morgan fingerprint density at radius 2 is 1.59 bits per heavy atom. The summed E-state index contributed by atoms with van der Waals surface area (Å²) in [5.41, 5.74) is 4.70. The summed E-state index contributed by atoms with van der Waals surface area (Å²) in [6.45, 7) is 2.38. The SMILES string of the molecule is CCC(ON1C(=O)c2ccccc2C1=O)c1ccc(OCc2ccc3ccccc3n2)c(C2CCCCC2)c1. The zero-order valence-corrected chi connectivity index (χ0v) is 22.1. The molecule has 2 aliphatic rings. The van der Waals surface area contributed by atoms with Gasteiger partial charge in [-0.2, -0.15) is 0 Å². The predicted octanol–water partition coefficient (Wildman–Crippen LogP) is 7.54.